The lowest BCUT2D eigenvalue weighted by molar-refractivity contribution is 0.102. The third kappa shape index (κ3) is 4.69. The first-order chi connectivity index (χ1) is 13.0. The third-order valence-corrected chi connectivity index (χ3v) is 3.56. The van der Waals surface area contributed by atoms with Crippen molar-refractivity contribution in [2.45, 2.75) is 13.8 Å². The normalized spacial score (nSPS) is 10.3. The number of anilines is 2. The fourth-order valence-corrected chi connectivity index (χ4v) is 2.31. The minimum Gasteiger partial charge on any atom is -0.494 e. The predicted octanol–water partition coefficient (Wildman–Crippen LogP) is 3.28. The molecule has 8 nitrogen and oxygen atoms in total. The first-order valence-electron chi connectivity index (χ1n) is 8.29. The molecule has 0 aliphatic carbocycles. The van der Waals surface area contributed by atoms with E-state index in [1.165, 1.54) is 18.5 Å². The minimum absolute atomic E-state index is 0.231. The lowest BCUT2D eigenvalue weighted by Gasteiger charge is -2.08. The van der Waals surface area contributed by atoms with Crippen LogP contribution in [-0.2, 0) is 0 Å². The van der Waals surface area contributed by atoms with Gasteiger partial charge in [0.2, 0.25) is 0 Å². The van der Waals surface area contributed by atoms with Crippen LogP contribution in [0.2, 0.25) is 0 Å². The number of hydrogen-bond acceptors (Lipinski definition) is 6. The van der Waals surface area contributed by atoms with Gasteiger partial charge in [0.25, 0.3) is 11.8 Å². The van der Waals surface area contributed by atoms with Crippen LogP contribution in [0.4, 0.5) is 11.5 Å². The largest absolute Gasteiger partial charge is 0.494 e. The molecule has 0 radical (unpaired) electrons. The molecule has 2 aromatic heterocycles. The molecule has 0 bridgehead atoms. The predicted molar refractivity (Wildman–Crippen MR) is 99.0 cm³/mol. The second kappa shape index (κ2) is 8.13. The number of benzene rings is 1. The fourth-order valence-electron chi connectivity index (χ4n) is 2.31. The van der Waals surface area contributed by atoms with E-state index in [1.54, 1.807) is 37.3 Å². The number of rotatable bonds is 6. The van der Waals surface area contributed by atoms with Crippen molar-refractivity contribution in [3.05, 3.63) is 65.7 Å². The molecular formula is C19H18N4O4. The van der Waals surface area contributed by atoms with Gasteiger partial charge < -0.3 is 19.9 Å². The van der Waals surface area contributed by atoms with E-state index in [4.69, 9.17) is 9.26 Å². The summed E-state index contributed by atoms with van der Waals surface area (Å²) < 4.78 is 10.3. The molecule has 0 unspecified atom stereocenters. The zero-order chi connectivity index (χ0) is 19.2. The van der Waals surface area contributed by atoms with E-state index in [-0.39, 0.29) is 17.0 Å². The number of ether oxygens (including phenoxy) is 1. The van der Waals surface area contributed by atoms with Crippen molar-refractivity contribution in [1.82, 2.24) is 10.1 Å². The highest BCUT2D eigenvalue weighted by Crippen LogP contribution is 2.17. The number of hydrogen-bond donors (Lipinski definition) is 2. The summed E-state index contributed by atoms with van der Waals surface area (Å²) in [6, 6.07) is 10.1. The maximum Gasteiger partial charge on any atom is 0.258 e. The van der Waals surface area contributed by atoms with Gasteiger partial charge >= 0.3 is 0 Å². The van der Waals surface area contributed by atoms with Gasteiger partial charge in [-0.15, -0.1) is 0 Å². The van der Waals surface area contributed by atoms with Gasteiger partial charge in [-0.25, -0.2) is 0 Å². The molecule has 0 saturated heterocycles. The van der Waals surface area contributed by atoms with Gasteiger partial charge in [0.05, 0.1) is 17.7 Å². The van der Waals surface area contributed by atoms with E-state index in [9.17, 15) is 9.59 Å². The average molecular weight is 366 g/mol. The molecule has 2 heterocycles. The van der Waals surface area contributed by atoms with E-state index in [2.05, 4.69) is 20.8 Å². The average Bonchev–Trinajstić information content (AvgIpc) is 3.08. The Morgan fingerprint density at radius 1 is 1.04 bits per heavy atom. The van der Waals surface area contributed by atoms with Gasteiger partial charge in [-0.3, -0.25) is 14.6 Å². The number of nitrogens with zero attached hydrogens (tertiary/aromatic N) is 2. The second-order valence-electron chi connectivity index (χ2n) is 5.65. The van der Waals surface area contributed by atoms with Crippen molar-refractivity contribution < 1.29 is 18.8 Å². The van der Waals surface area contributed by atoms with Crippen LogP contribution >= 0.6 is 0 Å². The second-order valence-corrected chi connectivity index (χ2v) is 5.65. The standard InChI is InChI=1S/C19H18N4O4/c1-3-26-16-6-4-15(5-7-16)21-18(24)13-9-14(11-20-10-13)19(25)22-17-8-12(2)27-23-17/h4-11H,3H2,1-2H3,(H,21,24)(H,22,23,25). The molecule has 8 heteroatoms. The van der Waals surface area contributed by atoms with Gasteiger partial charge in [-0.1, -0.05) is 5.16 Å². The summed E-state index contributed by atoms with van der Waals surface area (Å²) in [6.45, 7) is 4.19. The molecule has 0 spiro atoms. The number of amides is 2. The monoisotopic (exact) mass is 366 g/mol. The van der Waals surface area contributed by atoms with Crippen LogP contribution in [-0.4, -0.2) is 28.6 Å². The lowest BCUT2D eigenvalue weighted by atomic mass is 10.2. The molecule has 3 aromatic rings. The Kier molecular flexibility index (Phi) is 5.46. The fraction of sp³-hybridized carbons (Fsp3) is 0.158. The summed E-state index contributed by atoms with van der Waals surface area (Å²) in [4.78, 5) is 28.7. The van der Waals surface area contributed by atoms with Gasteiger partial charge in [0.1, 0.15) is 11.5 Å². The Hall–Kier alpha value is -3.68. The van der Waals surface area contributed by atoms with Gasteiger partial charge in [-0.05, 0) is 44.2 Å². The Morgan fingerprint density at radius 3 is 2.30 bits per heavy atom. The van der Waals surface area contributed by atoms with Crippen LogP contribution in [0.15, 0.2) is 53.3 Å². The molecule has 3 rings (SSSR count). The Bertz CT molecular complexity index is 950. The SMILES string of the molecule is CCOc1ccc(NC(=O)c2cncc(C(=O)Nc3cc(C)on3)c2)cc1. The third-order valence-electron chi connectivity index (χ3n) is 3.56. The highest BCUT2D eigenvalue weighted by molar-refractivity contribution is 6.08. The van der Waals surface area contributed by atoms with E-state index in [1.807, 2.05) is 6.92 Å². The van der Waals surface area contributed by atoms with Gasteiger partial charge in [0, 0.05) is 24.1 Å². The summed E-state index contributed by atoms with van der Waals surface area (Å²) in [5.41, 5.74) is 1.10. The molecule has 0 atom stereocenters. The molecule has 1 aromatic carbocycles. The summed E-state index contributed by atoms with van der Waals surface area (Å²) in [5.74, 6) is 0.776. The number of pyridine rings is 1. The van der Waals surface area contributed by atoms with Crippen LogP contribution in [0.5, 0.6) is 5.75 Å². The molecule has 27 heavy (non-hydrogen) atoms. The summed E-state index contributed by atoms with van der Waals surface area (Å²) in [5, 5.41) is 9.03. The van der Waals surface area contributed by atoms with Crippen LogP contribution in [0.3, 0.4) is 0 Å². The Morgan fingerprint density at radius 2 is 1.70 bits per heavy atom. The zero-order valence-corrected chi connectivity index (χ0v) is 14.9. The molecule has 0 fully saturated rings. The van der Waals surface area contributed by atoms with Crippen LogP contribution in [0.1, 0.15) is 33.4 Å². The maximum absolute atomic E-state index is 12.4. The van der Waals surface area contributed by atoms with Crippen LogP contribution < -0.4 is 15.4 Å². The van der Waals surface area contributed by atoms with Crippen LogP contribution in [0.25, 0.3) is 0 Å². The Labute approximate surface area is 155 Å². The first-order valence-corrected chi connectivity index (χ1v) is 8.29. The summed E-state index contributed by atoms with van der Waals surface area (Å²) in [7, 11) is 0. The number of aryl methyl sites for hydroxylation is 1. The topological polar surface area (TPSA) is 106 Å². The quantitative estimate of drug-likeness (QED) is 0.693. The van der Waals surface area contributed by atoms with Gasteiger partial charge in [-0.2, -0.15) is 0 Å². The molecule has 2 N–H and O–H groups in total. The number of carbonyl (C=O) groups is 2. The smallest absolute Gasteiger partial charge is 0.258 e. The van der Waals surface area contributed by atoms with Crippen molar-refractivity contribution in [2.75, 3.05) is 17.2 Å². The van der Waals surface area contributed by atoms with Gasteiger partial charge in [0.15, 0.2) is 5.82 Å². The number of nitrogens with one attached hydrogen (secondary N) is 2. The van der Waals surface area contributed by atoms with Crippen molar-refractivity contribution >= 4 is 23.3 Å². The Balaban J connectivity index is 1.68. The zero-order valence-electron chi connectivity index (χ0n) is 14.9. The summed E-state index contributed by atoms with van der Waals surface area (Å²) in [6.07, 6.45) is 2.76. The van der Waals surface area contributed by atoms with E-state index < -0.39 is 5.91 Å². The van der Waals surface area contributed by atoms with E-state index in [0.29, 0.717) is 23.9 Å². The molecule has 0 aliphatic heterocycles. The molecular weight excluding hydrogens is 348 g/mol. The minimum atomic E-state index is -0.438. The number of aromatic nitrogens is 2. The molecule has 0 saturated carbocycles. The van der Waals surface area contributed by atoms with Crippen molar-refractivity contribution in [3.8, 4) is 5.75 Å². The van der Waals surface area contributed by atoms with E-state index in [0.717, 1.165) is 5.75 Å². The highest BCUT2D eigenvalue weighted by atomic mass is 16.5. The number of carbonyl (C=O) groups excluding carboxylic acids is 2. The first kappa shape index (κ1) is 18.1. The van der Waals surface area contributed by atoms with Crippen molar-refractivity contribution in [3.63, 3.8) is 0 Å². The van der Waals surface area contributed by atoms with Crippen molar-refractivity contribution in [1.29, 1.82) is 0 Å². The lowest BCUT2D eigenvalue weighted by Crippen LogP contribution is -2.16. The highest BCUT2D eigenvalue weighted by Gasteiger charge is 2.13. The summed E-state index contributed by atoms with van der Waals surface area (Å²) >= 11 is 0. The van der Waals surface area contributed by atoms with Crippen LogP contribution in [0, 0.1) is 6.92 Å². The maximum atomic E-state index is 12.4. The molecule has 2 amide bonds. The molecule has 138 valence electrons. The molecule has 0 aliphatic rings. The van der Waals surface area contributed by atoms with E-state index >= 15 is 0 Å². The van der Waals surface area contributed by atoms with Crippen molar-refractivity contribution in [2.24, 2.45) is 0 Å².